The lowest BCUT2D eigenvalue weighted by Gasteiger charge is -2.22. The van der Waals surface area contributed by atoms with E-state index in [0.717, 1.165) is 16.0 Å². The molecule has 1 aliphatic rings. The third kappa shape index (κ3) is 4.11. The highest BCUT2D eigenvalue weighted by molar-refractivity contribution is 6.10. The van der Waals surface area contributed by atoms with Gasteiger partial charge in [0.1, 0.15) is 12.1 Å². The molecule has 0 saturated carbocycles. The van der Waals surface area contributed by atoms with Crippen molar-refractivity contribution >= 4 is 29.6 Å². The van der Waals surface area contributed by atoms with E-state index < -0.39 is 36.0 Å². The predicted molar refractivity (Wildman–Crippen MR) is 107 cm³/mol. The molecule has 8 nitrogen and oxygen atoms in total. The highest BCUT2D eigenvalue weighted by Crippen LogP contribution is 2.28. The van der Waals surface area contributed by atoms with Gasteiger partial charge in [0, 0.05) is 5.69 Å². The molecule has 0 spiro atoms. The second-order valence-electron chi connectivity index (χ2n) is 7.13. The second-order valence-corrected chi connectivity index (χ2v) is 7.13. The normalized spacial score (nSPS) is 18.4. The summed E-state index contributed by atoms with van der Waals surface area (Å²) in [7, 11) is 0. The third-order valence-electron chi connectivity index (χ3n) is 4.81. The van der Waals surface area contributed by atoms with Crippen LogP contribution in [-0.2, 0) is 15.1 Å². The van der Waals surface area contributed by atoms with E-state index in [9.17, 15) is 19.2 Å². The molecule has 1 heterocycles. The summed E-state index contributed by atoms with van der Waals surface area (Å²) in [6.07, 6.45) is 0. The number of urea groups is 2. The number of aryl methyl sites for hydroxylation is 2. The number of anilines is 1. The van der Waals surface area contributed by atoms with Gasteiger partial charge in [0.05, 0.1) is 0 Å². The van der Waals surface area contributed by atoms with Crippen LogP contribution in [0.15, 0.2) is 48.5 Å². The molecule has 8 heteroatoms. The first-order valence-corrected chi connectivity index (χ1v) is 9.08. The summed E-state index contributed by atoms with van der Waals surface area (Å²) in [5.74, 6) is -1.33. The molecule has 1 saturated heterocycles. The van der Waals surface area contributed by atoms with Crippen molar-refractivity contribution in [3.63, 3.8) is 0 Å². The van der Waals surface area contributed by atoms with Gasteiger partial charge in [0.2, 0.25) is 5.91 Å². The zero-order valence-electron chi connectivity index (χ0n) is 16.4. The SMILES string of the molecule is Cc1ccc(NC(=O)NC(=O)CN2C(=O)N[C@@](C)(c3ccccc3)C2=O)c(C)c1. The van der Waals surface area contributed by atoms with E-state index >= 15 is 0 Å². The quantitative estimate of drug-likeness (QED) is 0.692. The lowest BCUT2D eigenvalue weighted by Crippen LogP contribution is -2.45. The summed E-state index contributed by atoms with van der Waals surface area (Å²) in [6, 6.07) is 12.8. The molecule has 29 heavy (non-hydrogen) atoms. The summed E-state index contributed by atoms with van der Waals surface area (Å²) in [4.78, 5) is 50.2. The lowest BCUT2D eigenvalue weighted by molar-refractivity contribution is -0.134. The predicted octanol–water partition coefficient (Wildman–Crippen LogP) is 2.42. The molecular weight excluding hydrogens is 372 g/mol. The van der Waals surface area contributed by atoms with E-state index in [2.05, 4.69) is 16.0 Å². The second kappa shape index (κ2) is 7.75. The molecule has 1 aliphatic heterocycles. The molecule has 1 atom stereocenters. The zero-order chi connectivity index (χ0) is 21.2. The number of carbonyl (C=O) groups is 4. The van der Waals surface area contributed by atoms with Crippen LogP contribution in [0.2, 0.25) is 0 Å². The highest BCUT2D eigenvalue weighted by Gasteiger charge is 2.49. The number of rotatable bonds is 4. The van der Waals surface area contributed by atoms with Crippen molar-refractivity contribution in [3.05, 3.63) is 65.2 Å². The molecule has 2 aromatic rings. The molecule has 0 bridgehead atoms. The first kappa shape index (κ1) is 20.1. The minimum atomic E-state index is -1.26. The zero-order valence-corrected chi connectivity index (χ0v) is 16.4. The first-order valence-electron chi connectivity index (χ1n) is 9.08. The fourth-order valence-electron chi connectivity index (χ4n) is 3.22. The van der Waals surface area contributed by atoms with Crippen LogP contribution in [0.3, 0.4) is 0 Å². The maximum atomic E-state index is 12.8. The average molecular weight is 394 g/mol. The number of nitrogens with zero attached hydrogens (tertiary/aromatic N) is 1. The van der Waals surface area contributed by atoms with Crippen LogP contribution < -0.4 is 16.0 Å². The fraction of sp³-hybridized carbons (Fsp3) is 0.238. The van der Waals surface area contributed by atoms with Gasteiger partial charge in [0.15, 0.2) is 0 Å². The Morgan fingerprint density at radius 3 is 2.41 bits per heavy atom. The van der Waals surface area contributed by atoms with E-state index in [4.69, 9.17) is 0 Å². The molecule has 2 aromatic carbocycles. The van der Waals surface area contributed by atoms with Gasteiger partial charge >= 0.3 is 12.1 Å². The maximum absolute atomic E-state index is 12.8. The summed E-state index contributed by atoms with van der Waals surface area (Å²) < 4.78 is 0. The molecule has 1 fully saturated rings. The largest absolute Gasteiger partial charge is 0.325 e. The molecule has 0 aromatic heterocycles. The fourth-order valence-corrected chi connectivity index (χ4v) is 3.22. The third-order valence-corrected chi connectivity index (χ3v) is 4.81. The van der Waals surface area contributed by atoms with Crippen LogP contribution in [0.5, 0.6) is 0 Å². The maximum Gasteiger partial charge on any atom is 0.325 e. The Morgan fingerprint density at radius 2 is 1.76 bits per heavy atom. The summed E-state index contributed by atoms with van der Waals surface area (Å²) in [6.45, 7) is 4.78. The van der Waals surface area contributed by atoms with Crippen LogP contribution in [0.4, 0.5) is 15.3 Å². The van der Waals surface area contributed by atoms with Crippen LogP contribution in [0.25, 0.3) is 0 Å². The molecule has 0 unspecified atom stereocenters. The Labute approximate surface area is 168 Å². The molecule has 6 amide bonds. The first-order chi connectivity index (χ1) is 13.7. The van der Waals surface area contributed by atoms with Crippen molar-refractivity contribution in [2.75, 3.05) is 11.9 Å². The minimum Gasteiger partial charge on any atom is -0.319 e. The molecule has 3 N–H and O–H groups in total. The number of carbonyl (C=O) groups excluding carboxylic acids is 4. The number of hydrogen-bond donors (Lipinski definition) is 3. The lowest BCUT2D eigenvalue weighted by atomic mass is 9.92. The van der Waals surface area contributed by atoms with E-state index in [1.165, 1.54) is 0 Å². The van der Waals surface area contributed by atoms with E-state index in [0.29, 0.717) is 11.3 Å². The van der Waals surface area contributed by atoms with E-state index in [1.54, 1.807) is 43.3 Å². The van der Waals surface area contributed by atoms with Gasteiger partial charge in [-0.05, 0) is 38.0 Å². The van der Waals surface area contributed by atoms with Crippen LogP contribution in [0.1, 0.15) is 23.6 Å². The van der Waals surface area contributed by atoms with Crippen LogP contribution in [0, 0.1) is 13.8 Å². The number of benzene rings is 2. The number of nitrogens with one attached hydrogen (secondary N) is 3. The van der Waals surface area contributed by atoms with Crippen molar-refractivity contribution in [2.24, 2.45) is 0 Å². The minimum absolute atomic E-state index is 0.557. The number of hydrogen-bond acceptors (Lipinski definition) is 4. The number of amides is 6. The monoisotopic (exact) mass is 394 g/mol. The van der Waals surface area contributed by atoms with Gasteiger partial charge in [-0.2, -0.15) is 0 Å². The highest BCUT2D eigenvalue weighted by atomic mass is 16.2. The summed E-state index contributed by atoms with van der Waals surface area (Å²) in [5, 5.41) is 7.34. The van der Waals surface area contributed by atoms with E-state index in [1.807, 2.05) is 26.0 Å². The van der Waals surface area contributed by atoms with Crippen molar-refractivity contribution in [1.29, 1.82) is 0 Å². The topological polar surface area (TPSA) is 108 Å². The van der Waals surface area contributed by atoms with Gasteiger partial charge in [-0.25, -0.2) is 9.59 Å². The van der Waals surface area contributed by atoms with Crippen LogP contribution in [-0.4, -0.2) is 35.3 Å². The Kier molecular flexibility index (Phi) is 5.36. The summed E-state index contributed by atoms with van der Waals surface area (Å²) in [5.41, 5.74) is 1.80. The van der Waals surface area contributed by atoms with Gasteiger partial charge in [-0.1, -0.05) is 48.0 Å². The molecular formula is C21H22N4O4. The Bertz CT molecular complexity index is 989. The Morgan fingerprint density at radius 1 is 1.07 bits per heavy atom. The van der Waals surface area contributed by atoms with Crippen molar-refractivity contribution in [3.8, 4) is 0 Å². The standard InChI is InChI=1S/C21H22N4O4/c1-13-9-10-16(14(2)11-13)22-19(28)23-17(26)12-25-18(27)21(3,24-20(25)29)15-7-5-4-6-8-15/h4-11H,12H2,1-3H3,(H,24,29)(H2,22,23,26,28)/t21-/m0/s1. The summed E-state index contributed by atoms with van der Waals surface area (Å²) >= 11 is 0. The van der Waals surface area contributed by atoms with Gasteiger partial charge in [-0.15, -0.1) is 0 Å². The molecule has 0 radical (unpaired) electrons. The van der Waals surface area contributed by atoms with Crippen molar-refractivity contribution in [1.82, 2.24) is 15.5 Å². The van der Waals surface area contributed by atoms with Gasteiger partial charge in [-0.3, -0.25) is 19.8 Å². The van der Waals surface area contributed by atoms with Gasteiger partial charge in [0.25, 0.3) is 5.91 Å². The average Bonchev–Trinajstić information content (AvgIpc) is 2.89. The van der Waals surface area contributed by atoms with Crippen molar-refractivity contribution < 1.29 is 19.2 Å². The number of imide groups is 2. The molecule has 150 valence electrons. The van der Waals surface area contributed by atoms with Crippen molar-refractivity contribution in [2.45, 2.75) is 26.3 Å². The van der Waals surface area contributed by atoms with E-state index in [-0.39, 0.29) is 0 Å². The van der Waals surface area contributed by atoms with Crippen LogP contribution >= 0.6 is 0 Å². The molecule has 3 rings (SSSR count). The smallest absolute Gasteiger partial charge is 0.319 e. The van der Waals surface area contributed by atoms with Gasteiger partial charge < -0.3 is 10.6 Å². The Hall–Kier alpha value is -3.68. The Balaban J connectivity index is 1.63. The molecule has 0 aliphatic carbocycles.